The van der Waals surface area contributed by atoms with E-state index in [-0.39, 0.29) is 12.0 Å². The van der Waals surface area contributed by atoms with E-state index in [2.05, 4.69) is 10.2 Å². The maximum absolute atomic E-state index is 11.6. The molecular formula is C11H20N2O3. The van der Waals surface area contributed by atoms with E-state index in [1.54, 1.807) is 0 Å². The van der Waals surface area contributed by atoms with Gasteiger partial charge in [0.25, 0.3) is 0 Å². The maximum atomic E-state index is 11.6. The van der Waals surface area contributed by atoms with Crippen LogP contribution in [-0.2, 0) is 14.3 Å². The molecule has 1 N–H and O–H groups in total. The Labute approximate surface area is 96.1 Å². The van der Waals surface area contributed by atoms with Crippen LogP contribution in [0.4, 0.5) is 0 Å². The van der Waals surface area contributed by atoms with Crippen LogP contribution in [-0.4, -0.2) is 62.9 Å². The normalized spacial score (nSPS) is 26.9. The topological polar surface area (TPSA) is 50.8 Å². The molecule has 0 aromatic rings. The lowest BCUT2D eigenvalue weighted by atomic mass is 10.2. The van der Waals surface area contributed by atoms with Gasteiger partial charge in [-0.05, 0) is 12.8 Å². The highest BCUT2D eigenvalue weighted by molar-refractivity contribution is 5.80. The van der Waals surface area contributed by atoms with Crippen molar-refractivity contribution >= 4 is 5.91 Å². The number of ether oxygens (including phenoxy) is 2. The molecule has 2 saturated heterocycles. The van der Waals surface area contributed by atoms with E-state index in [4.69, 9.17) is 9.47 Å². The van der Waals surface area contributed by atoms with Crippen molar-refractivity contribution in [2.45, 2.75) is 18.9 Å². The smallest absolute Gasteiger partial charge is 0.249 e. The first-order chi connectivity index (χ1) is 7.86. The van der Waals surface area contributed by atoms with E-state index in [9.17, 15) is 4.79 Å². The predicted octanol–water partition coefficient (Wildman–Crippen LogP) is -0.386. The molecule has 1 unspecified atom stereocenters. The summed E-state index contributed by atoms with van der Waals surface area (Å²) in [6, 6.07) is 0. The zero-order valence-corrected chi connectivity index (χ0v) is 9.61. The number of amides is 1. The van der Waals surface area contributed by atoms with E-state index in [1.165, 1.54) is 0 Å². The van der Waals surface area contributed by atoms with E-state index in [1.807, 2.05) is 0 Å². The summed E-state index contributed by atoms with van der Waals surface area (Å²) in [5, 5.41) is 2.93. The Kier molecular flexibility index (Phi) is 4.56. The van der Waals surface area contributed by atoms with Gasteiger partial charge in [-0.2, -0.15) is 0 Å². The van der Waals surface area contributed by atoms with Crippen LogP contribution >= 0.6 is 0 Å². The van der Waals surface area contributed by atoms with E-state index < -0.39 is 0 Å². The molecule has 1 amide bonds. The van der Waals surface area contributed by atoms with Crippen molar-refractivity contribution in [1.82, 2.24) is 10.2 Å². The fraction of sp³-hybridized carbons (Fsp3) is 0.909. The van der Waals surface area contributed by atoms with Gasteiger partial charge >= 0.3 is 0 Å². The maximum Gasteiger partial charge on any atom is 0.249 e. The third-order valence-electron chi connectivity index (χ3n) is 3.05. The molecule has 92 valence electrons. The molecule has 16 heavy (non-hydrogen) atoms. The summed E-state index contributed by atoms with van der Waals surface area (Å²) < 4.78 is 10.6. The number of nitrogens with one attached hydrogen (secondary N) is 1. The highest BCUT2D eigenvalue weighted by atomic mass is 16.5. The van der Waals surface area contributed by atoms with Crippen molar-refractivity contribution in [3.8, 4) is 0 Å². The van der Waals surface area contributed by atoms with Crippen LogP contribution in [0.25, 0.3) is 0 Å². The molecule has 2 aliphatic rings. The molecule has 0 saturated carbocycles. The van der Waals surface area contributed by atoms with E-state index in [0.29, 0.717) is 6.54 Å². The molecule has 5 nitrogen and oxygen atoms in total. The molecule has 2 heterocycles. The van der Waals surface area contributed by atoms with Crippen molar-refractivity contribution < 1.29 is 14.3 Å². The molecule has 2 fully saturated rings. The van der Waals surface area contributed by atoms with Crippen LogP contribution in [0.5, 0.6) is 0 Å². The Morgan fingerprint density at radius 3 is 2.81 bits per heavy atom. The minimum absolute atomic E-state index is 0.0470. The number of carbonyl (C=O) groups is 1. The fourth-order valence-electron chi connectivity index (χ4n) is 2.06. The Balaban J connectivity index is 1.57. The lowest BCUT2D eigenvalue weighted by molar-refractivity contribution is -0.130. The van der Waals surface area contributed by atoms with Crippen LogP contribution in [0.15, 0.2) is 0 Å². The van der Waals surface area contributed by atoms with Crippen LogP contribution in [0, 0.1) is 0 Å². The minimum atomic E-state index is -0.204. The zero-order valence-electron chi connectivity index (χ0n) is 9.61. The summed E-state index contributed by atoms with van der Waals surface area (Å²) in [7, 11) is 0. The van der Waals surface area contributed by atoms with Crippen molar-refractivity contribution in [3.05, 3.63) is 0 Å². The first kappa shape index (κ1) is 11.8. The SMILES string of the molecule is O=C(NCCN1CCOCC1)C1CCCO1. The van der Waals surface area contributed by atoms with Crippen LogP contribution in [0.3, 0.4) is 0 Å². The molecule has 0 radical (unpaired) electrons. The van der Waals surface area contributed by atoms with Crippen LogP contribution < -0.4 is 5.32 Å². The summed E-state index contributed by atoms with van der Waals surface area (Å²) in [6.45, 7) is 5.88. The molecule has 5 heteroatoms. The largest absolute Gasteiger partial charge is 0.379 e. The second-order valence-electron chi connectivity index (χ2n) is 4.25. The van der Waals surface area contributed by atoms with Crippen molar-refractivity contribution in [1.29, 1.82) is 0 Å². The van der Waals surface area contributed by atoms with Crippen molar-refractivity contribution in [3.63, 3.8) is 0 Å². The number of nitrogens with zero attached hydrogens (tertiary/aromatic N) is 1. The second kappa shape index (κ2) is 6.18. The summed E-state index contributed by atoms with van der Waals surface area (Å²) in [5.74, 6) is 0.0470. The van der Waals surface area contributed by atoms with Crippen LogP contribution in [0.2, 0.25) is 0 Å². The number of rotatable bonds is 4. The molecule has 0 aromatic carbocycles. The average Bonchev–Trinajstić information content (AvgIpc) is 2.84. The van der Waals surface area contributed by atoms with E-state index >= 15 is 0 Å². The number of hydrogen-bond acceptors (Lipinski definition) is 4. The third kappa shape index (κ3) is 3.43. The van der Waals surface area contributed by atoms with Gasteiger partial charge < -0.3 is 14.8 Å². The van der Waals surface area contributed by atoms with Crippen molar-refractivity contribution in [2.75, 3.05) is 46.0 Å². The van der Waals surface area contributed by atoms with Gasteiger partial charge in [0.1, 0.15) is 6.10 Å². The molecule has 0 aliphatic carbocycles. The average molecular weight is 228 g/mol. The molecule has 0 aromatic heterocycles. The zero-order chi connectivity index (χ0) is 11.2. The Morgan fingerprint density at radius 2 is 2.12 bits per heavy atom. The van der Waals surface area contributed by atoms with Gasteiger partial charge in [-0.15, -0.1) is 0 Å². The first-order valence-corrected chi connectivity index (χ1v) is 6.06. The highest BCUT2D eigenvalue weighted by Gasteiger charge is 2.23. The minimum Gasteiger partial charge on any atom is -0.379 e. The number of carbonyl (C=O) groups excluding carboxylic acids is 1. The molecular weight excluding hydrogens is 208 g/mol. The molecule has 2 aliphatic heterocycles. The van der Waals surface area contributed by atoms with Crippen LogP contribution in [0.1, 0.15) is 12.8 Å². The number of hydrogen-bond donors (Lipinski definition) is 1. The van der Waals surface area contributed by atoms with Gasteiger partial charge in [0.05, 0.1) is 13.2 Å². The Morgan fingerprint density at radius 1 is 1.31 bits per heavy atom. The van der Waals surface area contributed by atoms with Gasteiger partial charge in [0.15, 0.2) is 0 Å². The quantitative estimate of drug-likeness (QED) is 0.712. The van der Waals surface area contributed by atoms with Gasteiger partial charge in [0, 0.05) is 32.8 Å². The monoisotopic (exact) mass is 228 g/mol. The molecule has 0 bridgehead atoms. The summed E-state index contributed by atoms with van der Waals surface area (Å²) >= 11 is 0. The summed E-state index contributed by atoms with van der Waals surface area (Å²) in [4.78, 5) is 13.9. The Bertz CT molecular complexity index is 223. The lowest BCUT2D eigenvalue weighted by Gasteiger charge is -2.26. The molecule has 2 rings (SSSR count). The Hall–Kier alpha value is -0.650. The standard InChI is InChI=1S/C11H20N2O3/c14-11(10-2-1-7-16-10)12-3-4-13-5-8-15-9-6-13/h10H,1-9H2,(H,12,14). The van der Waals surface area contributed by atoms with Gasteiger partial charge in [-0.25, -0.2) is 0 Å². The summed E-state index contributed by atoms with van der Waals surface area (Å²) in [6.07, 6.45) is 1.66. The van der Waals surface area contributed by atoms with Gasteiger partial charge in [-0.1, -0.05) is 0 Å². The van der Waals surface area contributed by atoms with Gasteiger partial charge in [0.2, 0.25) is 5.91 Å². The molecule has 1 atom stereocenters. The second-order valence-corrected chi connectivity index (χ2v) is 4.25. The highest BCUT2D eigenvalue weighted by Crippen LogP contribution is 2.11. The molecule has 0 spiro atoms. The first-order valence-electron chi connectivity index (χ1n) is 6.06. The van der Waals surface area contributed by atoms with E-state index in [0.717, 1.165) is 52.3 Å². The lowest BCUT2D eigenvalue weighted by Crippen LogP contribution is -2.43. The van der Waals surface area contributed by atoms with Crippen molar-refractivity contribution in [2.24, 2.45) is 0 Å². The fourth-order valence-corrected chi connectivity index (χ4v) is 2.06. The third-order valence-corrected chi connectivity index (χ3v) is 3.05. The predicted molar refractivity (Wildman–Crippen MR) is 59.2 cm³/mol. The summed E-state index contributed by atoms with van der Waals surface area (Å²) in [5.41, 5.74) is 0. The number of morpholine rings is 1. The van der Waals surface area contributed by atoms with Gasteiger partial charge in [-0.3, -0.25) is 9.69 Å².